The summed E-state index contributed by atoms with van der Waals surface area (Å²) < 4.78 is 13.6. The lowest BCUT2D eigenvalue weighted by molar-refractivity contribution is -0.385. The summed E-state index contributed by atoms with van der Waals surface area (Å²) in [7, 11) is 1.89. The molecule has 0 radical (unpaired) electrons. The third-order valence-corrected chi connectivity index (χ3v) is 4.07. The number of halogens is 2. The molecule has 1 aliphatic rings. The van der Waals surface area contributed by atoms with Crippen molar-refractivity contribution in [1.82, 2.24) is 10.2 Å². The van der Waals surface area contributed by atoms with Crippen molar-refractivity contribution in [3.8, 4) is 0 Å². The van der Waals surface area contributed by atoms with E-state index in [-0.39, 0.29) is 29.2 Å². The van der Waals surface area contributed by atoms with E-state index < -0.39 is 16.6 Å². The van der Waals surface area contributed by atoms with E-state index in [4.69, 9.17) is 0 Å². The molecule has 1 saturated heterocycles. The SMILES string of the molecule is CNCC1CCN(C(=O)c2cc(F)cc(C)c2[N+](=O)[O-])CC1.Cl. The zero-order chi connectivity index (χ0) is 16.3. The fraction of sp³-hybridized carbons (Fsp3) is 0.533. The van der Waals surface area contributed by atoms with E-state index in [0.29, 0.717) is 19.0 Å². The Balaban J connectivity index is 0.00000264. The van der Waals surface area contributed by atoms with Crippen LogP contribution in [0.4, 0.5) is 10.1 Å². The number of carbonyl (C=O) groups is 1. The number of likely N-dealkylation sites (tertiary alicyclic amines) is 1. The number of nitrogens with one attached hydrogen (secondary N) is 1. The lowest BCUT2D eigenvalue weighted by Gasteiger charge is -2.32. The maximum Gasteiger partial charge on any atom is 0.285 e. The number of piperidine rings is 1. The molecule has 0 spiro atoms. The van der Waals surface area contributed by atoms with Gasteiger partial charge in [-0.3, -0.25) is 14.9 Å². The molecule has 8 heteroatoms. The predicted molar refractivity (Wildman–Crippen MR) is 87.6 cm³/mol. The van der Waals surface area contributed by atoms with Crippen LogP contribution in [0.5, 0.6) is 0 Å². The number of benzene rings is 1. The molecule has 0 aromatic heterocycles. The molecule has 1 amide bonds. The van der Waals surface area contributed by atoms with Gasteiger partial charge < -0.3 is 10.2 Å². The van der Waals surface area contributed by atoms with Gasteiger partial charge in [-0.05, 0) is 51.4 Å². The average Bonchev–Trinajstić information content (AvgIpc) is 2.46. The van der Waals surface area contributed by atoms with Gasteiger partial charge in [-0.25, -0.2) is 4.39 Å². The third kappa shape index (κ3) is 4.39. The standard InChI is InChI=1S/C15H20FN3O3.ClH/c1-10-7-12(16)8-13(14(10)19(21)22)15(20)18-5-3-11(4-6-18)9-17-2;/h7-8,11,17H,3-6,9H2,1-2H3;1H. The maximum atomic E-state index is 13.6. The Kier molecular flexibility index (Phi) is 6.90. The molecule has 1 aromatic carbocycles. The zero-order valence-corrected chi connectivity index (χ0v) is 14.0. The molecule has 2 rings (SSSR count). The molecule has 128 valence electrons. The second-order valence-corrected chi connectivity index (χ2v) is 5.67. The molecule has 1 aliphatic heterocycles. The molecule has 0 bridgehead atoms. The van der Waals surface area contributed by atoms with Crippen LogP contribution in [0.25, 0.3) is 0 Å². The van der Waals surface area contributed by atoms with Crippen molar-refractivity contribution in [2.75, 3.05) is 26.7 Å². The second-order valence-electron chi connectivity index (χ2n) is 5.67. The molecule has 0 aliphatic carbocycles. The highest BCUT2D eigenvalue weighted by molar-refractivity contribution is 5.98. The predicted octanol–water partition coefficient (Wildman–Crippen LogP) is 2.54. The minimum absolute atomic E-state index is 0. The summed E-state index contributed by atoms with van der Waals surface area (Å²) >= 11 is 0. The summed E-state index contributed by atoms with van der Waals surface area (Å²) in [6, 6.07) is 2.04. The number of amides is 1. The van der Waals surface area contributed by atoms with E-state index in [1.807, 2.05) is 7.05 Å². The fourth-order valence-corrected chi connectivity index (χ4v) is 2.94. The van der Waals surface area contributed by atoms with Gasteiger partial charge in [0.15, 0.2) is 0 Å². The van der Waals surface area contributed by atoms with Gasteiger partial charge in [-0.2, -0.15) is 0 Å². The van der Waals surface area contributed by atoms with Gasteiger partial charge in [-0.1, -0.05) is 0 Å². The maximum absolute atomic E-state index is 13.6. The largest absolute Gasteiger partial charge is 0.338 e. The quantitative estimate of drug-likeness (QED) is 0.672. The van der Waals surface area contributed by atoms with Crippen molar-refractivity contribution < 1.29 is 14.1 Å². The van der Waals surface area contributed by atoms with Gasteiger partial charge in [0.2, 0.25) is 0 Å². The molecule has 0 unspecified atom stereocenters. The average molecular weight is 346 g/mol. The summed E-state index contributed by atoms with van der Waals surface area (Å²) in [6.45, 7) is 3.41. The first kappa shape index (κ1) is 19.3. The first-order valence-corrected chi connectivity index (χ1v) is 7.32. The summed E-state index contributed by atoms with van der Waals surface area (Å²) in [4.78, 5) is 24.7. The number of nitro groups is 1. The Morgan fingerprint density at radius 1 is 1.43 bits per heavy atom. The second kappa shape index (κ2) is 8.21. The highest BCUT2D eigenvalue weighted by atomic mass is 35.5. The fourth-order valence-electron chi connectivity index (χ4n) is 2.94. The summed E-state index contributed by atoms with van der Waals surface area (Å²) in [6.07, 6.45) is 1.68. The van der Waals surface area contributed by atoms with Crippen molar-refractivity contribution in [3.05, 3.63) is 39.2 Å². The van der Waals surface area contributed by atoms with Gasteiger partial charge in [0.1, 0.15) is 11.4 Å². The van der Waals surface area contributed by atoms with Gasteiger partial charge in [0, 0.05) is 18.7 Å². The first-order chi connectivity index (χ1) is 10.4. The van der Waals surface area contributed by atoms with Crippen LogP contribution in [0, 0.1) is 28.8 Å². The molecule has 0 saturated carbocycles. The van der Waals surface area contributed by atoms with E-state index in [2.05, 4.69) is 5.32 Å². The van der Waals surface area contributed by atoms with Crippen LogP contribution >= 0.6 is 12.4 Å². The monoisotopic (exact) mass is 345 g/mol. The number of hydrogen-bond acceptors (Lipinski definition) is 4. The van der Waals surface area contributed by atoms with Crippen LogP contribution in [0.3, 0.4) is 0 Å². The van der Waals surface area contributed by atoms with E-state index >= 15 is 0 Å². The topological polar surface area (TPSA) is 75.5 Å². The van der Waals surface area contributed by atoms with Gasteiger partial charge in [0.25, 0.3) is 11.6 Å². The summed E-state index contributed by atoms with van der Waals surface area (Å²) in [5.74, 6) is -0.591. The number of rotatable bonds is 4. The van der Waals surface area contributed by atoms with Crippen molar-refractivity contribution in [1.29, 1.82) is 0 Å². The molecule has 1 fully saturated rings. The van der Waals surface area contributed by atoms with E-state index in [1.54, 1.807) is 4.90 Å². The highest BCUT2D eigenvalue weighted by Gasteiger charge is 2.30. The highest BCUT2D eigenvalue weighted by Crippen LogP contribution is 2.27. The van der Waals surface area contributed by atoms with E-state index in [9.17, 15) is 19.3 Å². The minimum Gasteiger partial charge on any atom is -0.338 e. The van der Waals surface area contributed by atoms with Crippen molar-refractivity contribution in [3.63, 3.8) is 0 Å². The van der Waals surface area contributed by atoms with Crippen LogP contribution in [0.2, 0.25) is 0 Å². The molecule has 1 heterocycles. The molecular formula is C15H21ClFN3O3. The summed E-state index contributed by atoms with van der Waals surface area (Å²) in [5.41, 5.74) is -0.295. The van der Waals surface area contributed by atoms with Crippen LogP contribution in [0.1, 0.15) is 28.8 Å². The van der Waals surface area contributed by atoms with Crippen molar-refractivity contribution in [2.45, 2.75) is 19.8 Å². The van der Waals surface area contributed by atoms with Crippen LogP contribution < -0.4 is 5.32 Å². The van der Waals surface area contributed by atoms with Crippen molar-refractivity contribution in [2.24, 2.45) is 5.92 Å². The summed E-state index contributed by atoms with van der Waals surface area (Å²) in [5, 5.41) is 14.3. The van der Waals surface area contributed by atoms with Crippen molar-refractivity contribution >= 4 is 24.0 Å². The third-order valence-electron chi connectivity index (χ3n) is 4.07. The Morgan fingerprint density at radius 2 is 2.04 bits per heavy atom. The number of hydrogen-bond donors (Lipinski definition) is 1. The Hall–Kier alpha value is -1.73. The molecule has 23 heavy (non-hydrogen) atoms. The molecule has 6 nitrogen and oxygen atoms in total. The lowest BCUT2D eigenvalue weighted by atomic mass is 9.96. The number of carbonyl (C=O) groups excluding carboxylic acids is 1. The lowest BCUT2D eigenvalue weighted by Crippen LogP contribution is -2.40. The van der Waals surface area contributed by atoms with Crippen LogP contribution in [-0.4, -0.2) is 42.4 Å². The Bertz CT molecular complexity index is 590. The Labute approximate surface area is 140 Å². The first-order valence-electron chi connectivity index (χ1n) is 7.32. The van der Waals surface area contributed by atoms with E-state index in [0.717, 1.165) is 31.5 Å². The molecular weight excluding hydrogens is 325 g/mol. The van der Waals surface area contributed by atoms with Gasteiger partial charge in [0.05, 0.1) is 4.92 Å². The Morgan fingerprint density at radius 3 is 2.57 bits per heavy atom. The van der Waals surface area contributed by atoms with Gasteiger partial charge in [-0.15, -0.1) is 12.4 Å². The number of aryl methyl sites for hydroxylation is 1. The molecule has 1 N–H and O–H groups in total. The number of nitrogens with zero attached hydrogens (tertiary/aromatic N) is 2. The zero-order valence-electron chi connectivity index (χ0n) is 13.2. The molecule has 1 aromatic rings. The van der Waals surface area contributed by atoms with Crippen LogP contribution in [-0.2, 0) is 0 Å². The number of nitro benzene ring substituents is 1. The van der Waals surface area contributed by atoms with Crippen LogP contribution in [0.15, 0.2) is 12.1 Å². The molecule has 0 atom stereocenters. The minimum atomic E-state index is -0.628. The van der Waals surface area contributed by atoms with E-state index in [1.165, 1.54) is 6.92 Å². The van der Waals surface area contributed by atoms with Gasteiger partial charge >= 0.3 is 0 Å². The normalized spacial score (nSPS) is 15.2. The smallest absolute Gasteiger partial charge is 0.285 e.